The number of nitrogens with one attached hydrogen (secondary N) is 1. The first-order valence-electron chi connectivity index (χ1n) is 3.80. The molecule has 0 saturated heterocycles. The number of benzene rings is 1. The van der Waals surface area contributed by atoms with E-state index in [4.69, 9.17) is 0 Å². The Morgan fingerprint density at radius 3 is 2.38 bits per heavy atom. The van der Waals surface area contributed by atoms with E-state index in [9.17, 15) is 0 Å². The van der Waals surface area contributed by atoms with Gasteiger partial charge in [-0.15, -0.1) is 5.10 Å². The van der Waals surface area contributed by atoms with Crippen molar-refractivity contribution in [1.82, 2.24) is 15.4 Å². The van der Waals surface area contributed by atoms with Gasteiger partial charge in [-0.05, 0) is 6.92 Å². The summed E-state index contributed by atoms with van der Waals surface area (Å²) in [7, 11) is 0. The molecule has 1 heterocycles. The van der Waals surface area contributed by atoms with E-state index in [0.717, 1.165) is 11.3 Å². The van der Waals surface area contributed by atoms with Gasteiger partial charge >= 0.3 is 29.6 Å². The summed E-state index contributed by atoms with van der Waals surface area (Å²) in [6.07, 6.45) is 1.78. The molecule has 0 aliphatic carbocycles. The average Bonchev–Trinajstić information content (AvgIpc) is 2.58. The molecule has 0 bridgehead atoms. The molecule has 0 amide bonds. The van der Waals surface area contributed by atoms with E-state index >= 15 is 0 Å². The van der Waals surface area contributed by atoms with E-state index in [1.165, 1.54) is 5.56 Å². The van der Waals surface area contributed by atoms with Crippen LogP contribution in [0.4, 0.5) is 0 Å². The van der Waals surface area contributed by atoms with Crippen LogP contribution in [0.25, 0.3) is 11.3 Å². The molecule has 0 saturated carbocycles. The van der Waals surface area contributed by atoms with Crippen LogP contribution < -0.4 is 0 Å². The topological polar surface area (TPSA) is 41.6 Å². The number of aromatic nitrogens is 3. The Balaban J connectivity index is 0.000000845. The van der Waals surface area contributed by atoms with E-state index in [0.29, 0.717) is 0 Å². The van der Waals surface area contributed by atoms with Crippen LogP contribution in [0.1, 0.15) is 5.56 Å². The molecule has 0 aliphatic heterocycles. The van der Waals surface area contributed by atoms with Crippen molar-refractivity contribution in [2.75, 3.05) is 0 Å². The van der Waals surface area contributed by atoms with Crippen molar-refractivity contribution >= 4 is 29.6 Å². The minimum absolute atomic E-state index is 0. The Hall–Kier alpha value is -0.640. The van der Waals surface area contributed by atoms with Crippen molar-refractivity contribution in [3.05, 3.63) is 36.0 Å². The predicted molar refractivity (Wildman–Crippen MR) is 53.7 cm³/mol. The van der Waals surface area contributed by atoms with Crippen LogP contribution in [0.15, 0.2) is 30.5 Å². The Labute approximate surface area is 98.9 Å². The van der Waals surface area contributed by atoms with Gasteiger partial charge in [0, 0.05) is 11.8 Å². The van der Waals surface area contributed by atoms with Gasteiger partial charge in [-0.3, -0.25) is 5.10 Å². The van der Waals surface area contributed by atoms with Gasteiger partial charge in [-0.2, -0.15) is 0 Å². The molecular weight excluding hydrogens is 173 g/mol. The van der Waals surface area contributed by atoms with Gasteiger partial charge in [0.2, 0.25) is 0 Å². The number of nitrogens with zero attached hydrogens (tertiary/aromatic N) is 2. The molecule has 1 aromatic carbocycles. The molecule has 1 aromatic heterocycles. The maximum atomic E-state index is 3.91. The van der Waals surface area contributed by atoms with Gasteiger partial charge in [-0.1, -0.05) is 35.0 Å². The quantitative estimate of drug-likeness (QED) is 0.673. The molecule has 0 unspecified atom stereocenters. The second kappa shape index (κ2) is 4.56. The Bertz CT molecular complexity index is 353. The maximum absolute atomic E-state index is 3.91. The van der Waals surface area contributed by atoms with Gasteiger partial charge in [0.05, 0.1) is 0 Å². The zero-order valence-electron chi connectivity index (χ0n) is 6.78. The molecule has 0 atom stereocenters. The molecule has 2 rings (SSSR count). The summed E-state index contributed by atoms with van der Waals surface area (Å²) in [6, 6.07) is 8.19. The van der Waals surface area contributed by atoms with Gasteiger partial charge < -0.3 is 0 Å². The molecule has 2 aromatic rings. The zero-order valence-corrected chi connectivity index (χ0v) is 6.78. The van der Waals surface area contributed by atoms with Crippen molar-refractivity contribution in [2.45, 2.75) is 6.92 Å². The molecule has 0 fully saturated rings. The molecule has 4 heteroatoms. The van der Waals surface area contributed by atoms with E-state index in [2.05, 4.69) is 34.5 Å². The monoisotopic (exact) mass is 183 g/mol. The van der Waals surface area contributed by atoms with Gasteiger partial charge in [0.15, 0.2) is 0 Å². The second-order valence-corrected chi connectivity index (χ2v) is 2.72. The minimum atomic E-state index is 0. The van der Waals surface area contributed by atoms with Crippen molar-refractivity contribution in [3.63, 3.8) is 0 Å². The number of hydrogen-bond donors (Lipinski definition) is 1. The molecule has 0 radical (unpaired) electrons. The molecule has 0 aliphatic rings. The Kier molecular flexibility index (Phi) is 3.66. The number of H-pyrrole nitrogens is 1. The Morgan fingerprint density at radius 2 is 1.85 bits per heavy atom. The first-order chi connectivity index (χ1) is 5.86. The van der Waals surface area contributed by atoms with E-state index in [1.54, 1.807) is 6.20 Å². The third kappa shape index (κ3) is 2.40. The molecule has 62 valence electrons. The second-order valence-electron chi connectivity index (χ2n) is 2.72. The molecule has 1 N–H and O–H groups in total. The fourth-order valence-corrected chi connectivity index (χ4v) is 1.07. The van der Waals surface area contributed by atoms with Gasteiger partial charge in [-0.25, -0.2) is 0 Å². The average molecular weight is 183 g/mol. The molecule has 13 heavy (non-hydrogen) atoms. The first kappa shape index (κ1) is 10.4. The molecule has 3 nitrogen and oxygen atoms in total. The van der Waals surface area contributed by atoms with Crippen molar-refractivity contribution < 1.29 is 0 Å². The molecule has 0 spiro atoms. The van der Waals surface area contributed by atoms with Crippen LogP contribution in [-0.4, -0.2) is 45.0 Å². The van der Waals surface area contributed by atoms with Gasteiger partial charge in [0.25, 0.3) is 0 Å². The number of rotatable bonds is 1. The van der Waals surface area contributed by atoms with Gasteiger partial charge in [0.1, 0.15) is 5.69 Å². The van der Waals surface area contributed by atoms with E-state index in [-0.39, 0.29) is 29.6 Å². The SMILES string of the molecule is Cc1ccc(-c2c[nH]nn2)cc1.[NaH]. The molecular formula is C9H10N3Na. The van der Waals surface area contributed by atoms with Crippen LogP contribution in [0, 0.1) is 6.92 Å². The van der Waals surface area contributed by atoms with E-state index < -0.39 is 0 Å². The summed E-state index contributed by atoms with van der Waals surface area (Å²) in [5, 5.41) is 10.2. The van der Waals surface area contributed by atoms with Crippen LogP contribution in [-0.2, 0) is 0 Å². The zero-order chi connectivity index (χ0) is 8.39. The number of aromatic amines is 1. The summed E-state index contributed by atoms with van der Waals surface area (Å²) in [4.78, 5) is 0. The van der Waals surface area contributed by atoms with Crippen LogP contribution in [0.5, 0.6) is 0 Å². The van der Waals surface area contributed by atoms with Crippen molar-refractivity contribution in [2.24, 2.45) is 0 Å². The third-order valence-corrected chi connectivity index (χ3v) is 1.76. The summed E-state index contributed by atoms with van der Waals surface area (Å²) < 4.78 is 0. The number of hydrogen-bond acceptors (Lipinski definition) is 2. The fourth-order valence-electron chi connectivity index (χ4n) is 1.07. The summed E-state index contributed by atoms with van der Waals surface area (Å²) in [5.41, 5.74) is 3.23. The van der Waals surface area contributed by atoms with Crippen LogP contribution >= 0.6 is 0 Å². The van der Waals surface area contributed by atoms with E-state index in [1.807, 2.05) is 12.1 Å². The first-order valence-corrected chi connectivity index (χ1v) is 3.80. The number of aryl methyl sites for hydroxylation is 1. The Morgan fingerprint density at radius 1 is 1.15 bits per heavy atom. The van der Waals surface area contributed by atoms with Crippen molar-refractivity contribution in [3.8, 4) is 11.3 Å². The predicted octanol–water partition coefficient (Wildman–Crippen LogP) is 1.13. The summed E-state index contributed by atoms with van der Waals surface area (Å²) in [5.74, 6) is 0. The normalized spacial score (nSPS) is 9.31. The summed E-state index contributed by atoms with van der Waals surface area (Å²) >= 11 is 0. The fraction of sp³-hybridized carbons (Fsp3) is 0.111. The van der Waals surface area contributed by atoms with Crippen LogP contribution in [0.2, 0.25) is 0 Å². The van der Waals surface area contributed by atoms with Crippen molar-refractivity contribution in [1.29, 1.82) is 0 Å². The third-order valence-electron chi connectivity index (χ3n) is 1.76. The standard InChI is InChI=1S/C9H9N3.Na.H/c1-7-2-4-8(5-3-7)9-6-10-12-11-9;;/h2-6H,1H3,(H,10,11,12);;. The van der Waals surface area contributed by atoms with Crippen LogP contribution in [0.3, 0.4) is 0 Å². The summed E-state index contributed by atoms with van der Waals surface area (Å²) in [6.45, 7) is 2.06.